The molecule has 20 heavy (non-hydrogen) atoms. The van der Waals surface area contributed by atoms with Crippen molar-refractivity contribution in [2.45, 2.75) is 31.8 Å². The molecule has 0 aliphatic carbocycles. The first-order valence-electron chi connectivity index (χ1n) is 7.26. The number of hydrogen-bond donors (Lipinski definition) is 2. The summed E-state index contributed by atoms with van der Waals surface area (Å²) in [6, 6.07) is 19.9. The monoisotopic (exact) mass is 268 g/mol. The van der Waals surface area contributed by atoms with Gasteiger partial charge in [-0.2, -0.15) is 0 Å². The molecule has 0 aliphatic heterocycles. The highest BCUT2D eigenvalue weighted by Crippen LogP contribution is 2.19. The van der Waals surface area contributed by atoms with E-state index in [2.05, 4.69) is 60.8 Å². The van der Waals surface area contributed by atoms with Gasteiger partial charge in [-0.15, -0.1) is 0 Å². The molecule has 0 heterocycles. The van der Waals surface area contributed by atoms with Crippen LogP contribution in [0.2, 0.25) is 0 Å². The van der Waals surface area contributed by atoms with Crippen LogP contribution in [0.3, 0.4) is 0 Å². The quantitative estimate of drug-likeness (QED) is 0.844. The molecule has 0 fully saturated rings. The molecule has 0 aliphatic rings. The van der Waals surface area contributed by atoms with Crippen molar-refractivity contribution >= 4 is 0 Å². The molecule has 2 rings (SSSR count). The molecule has 0 saturated carbocycles. The van der Waals surface area contributed by atoms with Crippen LogP contribution in [0.5, 0.6) is 0 Å². The van der Waals surface area contributed by atoms with Crippen LogP contribution < -0.4 is 11.1 Å². The number of rotatable bonds is 6. The van der Waals surface area contributed by atoms with Crippen molar-refractivity contribution in [1.29, 1.82) is 0 Å². The first kappa shape index (κ1) is 14.8. The summed E-state index contributed by atoms with van der Waals surface area (Å²) >= 11 is 0. The first-order chi connectivity index (χ1) is 9.69. The Labute approximate surface area is 122 Å². The van der Waals surface area contributed by atoms with E-state index in [0.29, 0.717) is 6.04 Å². The third kappa shape index (κ3) is 4.19. The van der Waals surface area contributed by atoms with Crippen molar-refractivity contribution < 1.29 is 0 Å². The summed E-state index contributed by atoms with van der Waals surface area (Å²) in [5.74, 6) is 0. The van der Waals surface area contributed by atoms with E-state index in [9.17, 15) is 0 Å². The van der Waals surface area contributed by atoms with Crippen LogP contribution in [0.1, 0.15) is 18.9 Å². The van der Waals surface area contributed by atoms with E-state index in [1.54, 1.807) is 0 Å². The Hall–Kier alpha value is -1.64. The standard InChI is InChI=1S/C18H24N2/c1-14(20-2)12-18(19)13-15-8-10-17(11-9-15)16-6-4-3-5-7-16/h3-11,14,18,20H,12-13,19H2,1-2H3. The summed E-state index contributed by atoms with van der Waals surface area (Å²) in [7, 11) is 1.98. The molecule has 0 amide bonds. The second-order valence-corrected chi connectivity index (χ2v) is 5.45. The van der Waals surface area contributed by atoms with E-state index >= 15 is 0 Å². The SMILES string of the molecule is CNC(C)CC(N)Cc1ccc(-c2ccccc2)cc1. The lowest BCUT2D eigenvalue weighted by atomic mass is 9.98. The Morgan fingerprint density at radius 2 is 1.55 bits per heavy atom. The van der Waals surface area contributed by atoms with Gasteiger partial charge in [-0.25, -0.2) is 0 Å². The van der Waals surface area contributed by atoms with Gasteiger partial charge in [-0.1, -0.05) is 54.6 Å². The fourth-order valence-corrected chi connectivity index (χ4v) is 2.42. The lowest BCUT2D eigenvalue weighted by Crippen LogP contribution is -2.33. The molecular formula is C18H24N2. The fraction of sp³-hybridized carbons (Fsp3) is 0.333. The Kier molecular flexibility index (Phi) is 5.33. The van der Waals surface area contributed by atoms with Gasteiger partial charge in [0.15, 0.2) is 0 Å². The van der Waals surface area contributed by atoms with Crippen LogP contribution in [0, 0.1) is 0 Å². The van der Waals surface area contributed by atoms with Crippen LogP contribution in [0.4, 0.5) is 0 Å². The van der Waals surface area contributed by atoms with Crippen molar-refractivity contribution in [2.24, 2.45) is 5.73 Å². The summed E-state index contributed by atoms with van der Waals surface area (Å²) in [5.41, 5.74) is 10.0. The van der Waals surface area contributed by atoms with Crippen molar-refractivity contribution in [3.05, 3.63) is 60.2 Å². The Bertz CT molecular complexity index is 505. The van der Waals surface area contributed by atoms with Crippen molar-refractivity contribution in [1.82, 2.24) is 5.32 Å². The summed E-state index contributed by atoms with van der Waals surface area (Å²) in [4.78, 5) is 0. The number of nitrogens with one attached hydrogen (secondary N) is 1. The molecule has 0 radical (unpaired) electrons. The Balaban J connectivity index is 1.98. The molecule has 2 aromatic rings. The average Bonchev–Trinajstić information content (AvgIpc) is 2.48. The summed E-state index contributed by atoms with van der Waals surface area (Å²) in [6.45, 7) is 2.17. The third-order valence-electron chi connectivity index (χ3n) is 3.71. The average molecular weight is 268 g/mol. The van der Waals surface area contributed by atoms with E-state index in [1.165, 1.54) is 16.7 Å². The largest absolute Gasteiger partial charge is 0.327 e. The maximum atomic E-state index is 6.19. The predicted molar refractivity (Wildman–Crippen MR) is 86.7 cm³/mol. The Morgan fingerprint density at radius 1 is 0.950 bits per heavy atom. The number of hydrogen-bond acceptors (Lipinski definition) is 2. The van der Waals surface area contributed by atoms with Crippen LogP contribution in [-0.2, 0) is 6.42 Å². The van der Waals surface area contributed by atoms with E-state index in [4.69, 9.17) is 5.73 Å². The van der Waals surface area contributed by atoms with Gasteiger partial charge in [0.1, 0.15) is 0 Å². The topological polar surface area (TPSA) is 38.0 Å². The molecule has 106 valence electrons. The second-order valence-electron chi connectivity index (χ2n) is 5.45. The van der Waals surface area contributed by atoms with Crippen molar-refractivity contribution in [2.75, 3.05) is 7.05 Å². The van der Waals surface area contributed by atoms with E-state index in [1.807, 2.05) is 13.1 Å². The summed E-state index contributed by atoms with van der Waals surface area (Å²) in [6.07, 6.45) is 1.93. The van der Waals surface area contributed by atoms with Gasteiger partial charge in [0.25, 0.3) is 0 Å². The summed E-state index contributed by atoms with van der Waals surface area (Å²) in [5, 5.41) is 3.23. The molecule has 2 nitrogen and oxygen atoms in total. The Morgan fingerprint density at radius 3 is 2.15 bits per heavy atom. The lowest BCUT2D eigenvalue weighted by Gasteiger charge is -2.16. The van der Waals surface area contributed by atoms with Crippen molar-refractivity contribution in [3.8, 4) is 11.1 Å². The molecule has 0 spiro atoms. The zero-order valence-corrected chi connectivity index (χ0v) is 12.3. The van der Waals surface area contributed by atoms with E-state index in [0.717, 1.165) is 12.8 Å². The first-order valence-corrected chi connectivity index (χ1v) is 7.26. The van der Waals surface area contributed by atoms with E-state index in [-0.39, 0.29) is 6.04 Å². The highest BCUT2D eigenvalue weighted by atomic mass is 14.9. The minimum atomic E-state index is 0.208. The van der Waals surface area contributed by atoms with Gasteiger partial charge < -0.3 is 11.1 Å². The predicted octanol–water partition coefficient (Wildman–Crippen LogP) is 3.22. The zero-order chi connectivity index (χ0) is 14.4. The third-order valence-corrected chi connectivity index (χ3v) is 3.71. The molecule has 3 N–H and O–H groups in total. The highest BCUT2D eigenvalue weighted by molar-refractivity contribution is 5.63. The minimum Gasteiger partial charge on any atom is -0.327 e. The van der Waals surface area contributed by atoms with Gasteiger partial charge in [-0.05, 0) is 43.5 Å². The second kappa shape index (κ2) is 7.22. The smallest absolute Gasteiger partial charge is 0.00940 e. The molecule has 0 bridgehead atoms. The normalized spacial score (nSPS) is 13.9. The summed E-state index contributed by atoms with van der Waals surface area (Å²) < 4.78 is 0. The van der Waals surface area contributed by atoms with Gasteiger partial charge in [0.05, 0.1) is 0 Å². The maximum absolute atomic E-state index is 6.19. The number of benzene rings is 2. The maximum Gasteiger partial charge on any atom is 0.00940 e. The molecule has 0 aromatic heterocycles. The minimum absolute atomic E-state index is 0.208. The van der Waals surface area contributed by atoms with Crippen LogP contribution >= 0.6 is 0 Å². The molecule has 2 aromatic carbocycles. The van der Waals surface area contributed by atoms with Crippen LogP contribution in [0.15, 0.2) is 54.6 Å². The fourth-order valence-electron chi connectivity index (χ4n) is 2.42. The molecule has 2 atom stereocenters. The van der Waals surface area contributed by atoms with Gasteiger partial charge in [-0.3, -0.25) is 0 Å². The molecule has 2 heteroatoms. The van der Waals surface area contributed by atoms with Gasteiger partial charge >= 0.3 is 0 Å². The number of nitrogens with two attached hydrogens (primary N) is 1. The van der Waals surface area contributed by atoms with E-state index < -0.39 is 0 Å². The van der Waals surface area contributed by atoms with Crippen LogP contribution in [0.25, 0.3) is 11.1 Å². The lowest BCUT2D eigenvalue weighted by molar-refractivity contribution is 0.490. The highest BCUT2D eigenvalue weighted by Gasteiger charge is 2.08. The zero-order valence-electron chi connectivity index (χ0n) is 12.3. The van der Waals surface area contributed by atoms with Crippen LogP contribution in [-0.4, -0.2) is 19.1 Å². The molecule has 2 unspecified atom stereocenters. The van der Waals surface area contributed by atoms with Gasteiger partial charge in [0, 0.05) is 12.1 Å². The van der Waals surface area contributed by atoms with Crippen molar-refractivity contribution in [3.63, 3.8) is 0 Å². The van der Waals surface area contributed by atoms with Gasteiger partial charge in [0.2, 0.25) is 0 Å². The molecular weight excluding hydrogens is 244 g/mol. The molecule has 0 saturated heterocycles.